The highest BCUT2D eigenvalue weighted by Crippen LogP contribution is 2.45. The number of rotatable bonds is 6. The first-order valence-corrected chi connectivity index (χ1v) is 10.1. The molecule has 0 fully saturated rings. The van der Waals surface area contributed by atoms with Crippen LogP contribution in [0.3, 0.4) is 0 Å². The van der Waals surface area contributed by atoms with Gasteiger partial charge in [0, 0.05) is 16.0 Å². The fourth-order valence-electron chi connectivity index (χ4n) is 3.47. The fourth-order valence-corrected chi connectivity index (χ4v) is 4.64. The van der Waals surface area contributed by atoms with Gasteiger partial charge in [-0.05, 0) is 31.5 Å². The second-order valence-electron chi connectivity index (χ2n) is 7.69. The number of aromatic nitrogens is 2. The van der Waals surface area contributed by atoms with Crippen molar-refractivity contribution in [2.45, 2.75) is 37.5 Å². The zero-order valence-corrected chi connectivity index (χ0v) is 17.7. The van der Waals surface area contributed by atoms with Gasteiger partial charge in [0.15, 0.2) is 5.17 Å². The number of alkyl halides is 1. The van der Waals surface area contributed by atoms with Crippen molar-refractivity contribution in [1.82, 2.24) is 9.97 Å². The number of ether oxygens (including phenoxy) is 1. The molecule has 0 aliphatic carbocycles. The molecule has 0 saturated heterocycles. The number of hydrogen-bond acceptors (Lipinski definition) is 7. The maximum absolute atomic E-state index is 14.7. The van der Waals surface area contributed by atoms with E-state index in [1.807, 2.05) is 20.8 Å². The molecule has 160 valence electrons. The Labute approximate surface area is 177 Å². The lowest BCUT2D eigenvalue weighted by Crippen LogP contribution is -2.38. The van der Waals surface area contributed by atoms with Gasteiger partial charge in [0.2, 0.25) is 5.88 Å². The van der Waals surface area contributed by atoms with Gasteiger partial charge in [-0.3, -0.25) is 9.79 Å². The van der Waals surface area contributed by atoms with Gasteiger partial charge < -0.3 is 15.8 Å². The van der Waals surface area contributed by atoms with Crippen LogP contribution in [0.2, 0.25) is 0 Å². The third-order valence-electron chi connectivity index (χ3n) is 4.50. The number of carbonyl (C=O) groups is 1. The van der Waals surface area contributed by atoms with Crippen molar-refractivity contribution in [1.29, 1.82) is 0 Å². The zero-order chi connectivity index (χ0) is 21.9. The molecule has 10 heteroatoms. The Morgan fingerprint density at radius 1 is 1.30 bits per heavy atom. The lowest BCUT2D eigenvalue weighted by atomic mass is 9.83. The smallest absolute Gasteiger partial charge is 0.275 e. The zero-order valence-electron chi connectivity index (χ0n) is 16.9. The Morgan fingerprint density at radius 3 is 2.70 bits per heavy atom. The van der Waals surface area contributed by atoms with Crippen molar-refractivity contribution in [2.24, 2.45) is 10.7 Å². The monoisotopic (exact) mass is 435 g/mol. The van der Waals surface area contributed by atoms with Crippen molar-refractivity contribution in [3.63, 3.8) is 0 Å². The molecule has 0 bridgehead atoms. The van der Waals surface area contributed by atoms with Crippen LogP contribution in [0.4, 0.5) is 14.5 Å². The molecular weight excluding hydrogens is 412 g/mol. The summed E-state index contributed by atoms with van der Waals surface area (Å²) in [6.45, 7) is 5.09. The van der Waals surface area contributed by atoms with Gasteiger partial charge >= 0.3 is 0 Å². The van der Waals surface area contributed by atoms with Crippen LogP contribution in [0.1, 0.15) is 43.2 Å². The first kappa shape index (κ1) is 21.9. The lowest BCUT2D eigenvalue weighted by Gasteiger charge is -2.39. The number of thioether (sulfide) groups is 1. The van der Waals surface area contributed by atoms with E-state index in [0.717, 1.165) is 0 Å². The molecule has 0 spiro atoms. The predicted molar refractivity (Wildman–Crippen MR) is 113 cm³/mol. The number of carbonyl (C=O) groups excluding carboxylic acids is 1. The first-order valence-electron chi connectivity index (χ1n) is 9.28. The molecule has 1 amide bonds. The second-order valence-corrected chi connectivity index (χ2v) is 9.42. The summed E-state index contributed by atoms with van der Waals surface area (Å²) in [5.74, 6) is -0.830. The van der Waals surface area contributed by atoms with Crippen LogP contribution in [-0.2, 0) is 5.54 Å². The topological polar surface area (TPSA) is 102 Å². The molecule has 30 heavy (non-hydrogen) atoms. The lowest BCUT2D eigenvalue weighted by molar-refractivity contribution is 0.102. The van der Waals surface area contributed by atoms with Gasteiger partial charge in [0.1, 0.15) is 24.8 Å². The Bertz CT molecular complexity index is 968. The van der Waals surface area contributed by atoms with E-state index < -0.39 is 23.9 Å². The van der Waals surface area contributed by atoms with E-state index >= 15 is 0 Å². The van der Waals surface area contributed by atoms with Gasteiger partial charge in [-0.2, -0.15) is 0 Å². The molecule has 1 aliphatic heterocycles. The number of aliphatic imine (C=N–C) groups is 1. The first-order chi connectivity index (χ1) is 14.1. The number of halogens is 2. The van der Waals surface area contributed by atoms with E-state index in [4.69, 9.17) is 10.5 Å². The minimum Gasteiger partial charge on any atom is -0.474 e. The average Bonchev–Trinajstić information content (AvgIpc) is 2.66. The minimum atomic E-state index is -0.862. The molecule has 0 saturated carbocycles. The van der Waals surface area contributed by atoms with Crippen LogP contribution in [0.15, 0.2) is 35.6 Å². The van der Waals surface area contributed by atoms with Gasteiger partial charge in [0.25, 0.3) is 5.91 Å². The number of benzene rings is 1. The van der Waals surface area contributed by atoms with E-state index in [1.54, 1.807) is 6.07 Å². The molecule has 7 nitrogen and oxygen atoms in total. The van der Waals surface area contributed by atoms with Gasteiger partial charge in [-0.25, -0.2) is 18.7 Å². The summed E-state index contributed by atoms with van der Waals surface area (Å²) >= 11 is 1.45. The van der Waals surface area contributed by atoms with E-state index in [1.165, 1.54) is 36.3 Å². The molecule has 1 aromatic carbocycles. The SMILES string of the molecule is CC1(C)C[C@@](C)(c2cc(NC(=O)c3cnc(OCCF)cn3)ccc2F)N=C(N)S1. The molecule has 2 heterocycles. The molecule has 3 rings (SSSR count). The standard InChI is InChI=1S/C20H23F2N5O2S/c1-19(2)11-20(3,27-18(23)30-19)13-8-12(4-5-14(13)22)26-17(28)15-9-25-16(10-24-15)29-7-6-21/h4-5,8-10H,6-7,11H2,1-3H3,(H2,23,27)(H,26,28)/t20-/m0/s1. The number of nitrogens with one attached hydrogen (secondary N) is 1. The van der Waals surface area contributed by atoms with Crippen molar-refractivity contribution < 1.29 is 18.3 Å². The van der Waals surface area contributed by atoms with E-state index in [2.05, 4.69) is 20.3 Å². The summed E-state index contributed by atoms with van der Waals surface area (Å²) in [7, 11) is 0. The average molecular weight is 436 g/mol. The summed E-state index contributed by atoms with van der Waals surface area (Å²) in [5, 5.41) is 3.08. The van der Waals surface area contributed by atoms with Crippen molar-refractivity contribution in [3.05, 3.63) is 47.7 Å². The number of anilines is 1. The van der Waals surface area contributed by atoms with Crippen LogP contribution in [0, 0.1) is 5.82 Å². The Balaban J connectivity index is 1.82. The molecule has 1 atom stereocenters. The van der Waals surface area contributed by atoms with Crippen molar-refractivity contribution in [3.8, 4) is 5.88 Å². The fraction of sp³-hybridized carbons (Fsp3) is 0.400. The third kappa shape index (κ3) is 5.05. The van der Waals surface area contributed by atoms with E-state index in [-0.39, 0.29) is 22.9 Å². The van der Waals surface area contributed by atoms with Crippen molar-refractivity contribution >= 4 is 28.5 Å². The Morgan fingerprint density at radius 2 is 2.07 bits per heavy atom. The number of nitrogens with two attached hydrogens (primary N) is 1. The van der Waals surface area contributed by atoms with Crippen LogP contribution < -0.4 is 15.8 Å². The molecular formula is C20H23F2N5O2S. The number of amides is 1. The van der Waals surface area contributed by atoms with E-state index in [9.17, 15) is 13.6 Å². The van der Waals surface area contributed by atoms with Crippen LogP contribution in [-0.4, -0.2) is 39.1 Å². The maximum atomic E-state index is 14.7. The summed E-state index contributed by atoms with van der Waals surface area (Å²) in [4.78, 5) is 24.9. The molecule has 3 N–H and O–H groups in total. The van der Waals surface area contributed by atoms with Crippen LogP contribution in [0.5, 0.6) is 5.88 Å². The normalized spacial score (nSPS) is 20.4. The minimum absolute atomic E-state index is 0.0390. The molecule has 1 aliphatic rings. The molecule has 1 aromatic heterocycles. The summed E-state index contributed by atoms with van der Waals surface area (Å²) in [6.07, 6.45) is 3.03. The summed E-state index contributed by atoms with van der Waals surface area (Å²) in [5.41, 5.74) is 5.90. The molecule has 0 unspecified atom stereocenters. The van der Waals surface area contributed by atoms with Gasteiger partial charge in [0.05, 0.1) is 17.9 Å². The highest BCUT2D eigenvalue weighted by atomic mass is 32.2. The van der Waals surface area contributed by atoms with Crippen LogP contribution >= 0.6 is 11.8 Å². The highest BCUT2D eigenvalue weighted by molar-refractivity contribution is 8.15. The summed E-state index contributed by atoms with van der Waals surface area (Å²) in [6, 6.07) is 4.31. The number of hydrogen-bond donors (Lipinski definition) is 2. The number of amidine groups is 1. The van der Waals surface area contributed by atoms with Gasteiger partial charge in [-0.15, -0.1) is 0 Å². The van der Waals surface area contributed by atoms with E-state index in [0.29, 0.717) is 22.8 Å². The molecule has 0 radical (unpaired) electrons. The Hall–Kier alpha value is -2.75. The van der Waals surface area contributed by atoms with Crippen molar-refractivity contribution in [2.75, 3.05) is 18.6 Å². The quantitative estimate of drug-likeness (QED) is 0.718. The van der Waals surface area contributed by atoms with Gasteiger partial charge in [-0.1, -0.05) is 25.6 Å². The largest absolute Gasteiger partial charge is 0.474 e. The number of nitrogens with zero attached hydrogens (tertiary/aromatic N) is 3. The Kier molecular flexibility index (Phi) is 6.25. The second kappa shape index (κ2) is 8.55. The summed E-state index contributed by atoms with van der Waals surface area (Å²) < 4.78 is 31.6. The highest BCUT2D eigenvalue weighted by Gasteiger charge is 2.40. The molecule has 2 aromatic rings. The van der Waals surface area contributed by atoms with Crippen LogP contribution in [0.25, 0.3) is 0 Å². The third-order valence-corrected chi connectivity index (χ3v) is 5.50. The predicted octanol–water partition coefficient (Wildman–Crippen LogP) is 3.66. The maximum Gasteiger partial charge on any atom is 0.275 e.